The topological polar surface area (TPSA) is 108 Å². The van der Waals surface area contributed by atoms with Gasteiger partial charge >= 0.3 is 5.97 Å². The Morgan fingerprint density at radius 2 is 1.55 bits per heavy atom. The molecule has 0 aliphatic heterocycles. The number of rotatable bonds is 7. The van der Waals surface area contributed by atoms with Gasteiger partial charge in [0.2, 0.25) is 11.4 Å². The van der Waals surface area contributed by atoms with Crippen LogP contribution in [0.25, 0.3) is 33.6 Å². The number of benzene rings is 4. The van der Waals surface area contributed by atoms with Gasteiger partial charge in [0, 0.05) is 28.3 Å². The third kappa shape index (κ3) is 5.06. The zero-order valence-electron chi connectivity index (χ0n) is 22.8. The molecule has 6 rings (SSSR count). The number of aryl methyl sites for hydroxylation is 1. The Morgan fingerprint density at radius 3 is 2.24 bits per heavy atom. The summed E-state index contributed by atoms with van der Waals surface area (Å²) in [7, 11) is -3.48. The first-order valence-corrected chi connectivity index (χ1v) is 14.9. The molecule has 0 saturated carbocycles. The van der Waals surface area contributed by atoms with E-state index >= 15 is 0 Å². The van der Waals surface area contributed by atoms with Gasteiger partial charge in [-0.3, -0.25) is 0 Å². The lowest BCUT2D eigenvalue weighted by Gasteiger charge is -2.23. The van der Waals surface area contributed by atoms with E-state index in [2.05, 4.69) is 28.8 Å². The number of hydrogen-bond donors (Lipinski definition) is 1. The van der Waals surface area contributed by atoms with Crippen molar-refractivity contribution in [3.05, 3.63) is 125 Å². The molecule has 5 aromatic rings. The molecule has 0 radical (unpaired) electrons. The molecule has 0 bridgehead atoms. The van der Waals surface area contributed by atoms with Crippen molar-refractivity contribution in [3.63, 3.8) is 0 Å². The Morgan fingerprint density at radius 1 is 0.857 bits per heavy atom. The average Bonchev–Trinajstić information content (AvgIpc) is 3.00. The minimum absolute atomic E-state index is 0.00693. The second-order valence-electron chi connectivity index (χ2n) is 10.2. The molecule has 7 nitrogen and oxygen atoms in total. The number of aromatic nitrogens is 1. The molecule has 0 unspecified atom stereocenters. The first-order valence-electron chi connectivity index (χ1n) is 13.4. The molecule has 0 amide bonds. The maximum Gasteiger partial charge on any atom is 0.335 e. The standard InChI is InChI=1S/C34H27NO6S/c1-41-31-18-16-26(19-32(31)42(38,39)40)29-20-30(24-11-13-25(14-12-24)34(36)37)35(21-22-7-3-2-4-8-22)33-27-10-6-5-9-23(27)15-17-28(29)33/h2-14,16,18-20H,15,17,21H2,1H3,(H-,36,37,38,39,40). The van der Waals surface area contributed by atoms with Gasteiger partial charge in [0.15, 0.2) is 6.54 Å². The minimum atomic E-state index is -4.81. The Bertz CT molecular complexity index is 1930. The van der Waals surface area contributed by atoms with E-state index in [0.29, 0.717) is 18.5 Å². The van der Waals surface area contributed by atoms with Crippen LogP contribution in [0.15, 0.2) is 108 Å². The van der Waals surface area contributed by atoms with Crippen LogP contribution in [-0.4, -0.2) is 31.2 Å². The van der Waals surface area contributed by atoms with Gasteiger partial charge in [-0.25, -0.2) is 13.2 Å². The quantitative estimate of drug-likeness (QED) is 0.196. The zero-order valence-corrected chi connectivity index (χ0v) is 23.6. The molecule has 0 fully saturated rings. The van der Waals surface area contributed by atoms with Gasteiger partial charge in [-0.05, 0) is 72.0 Å². The zero-order chi connectivity index (χ0) is 29.4. The van der Waals surface area contributed by atoms with Crippen molar-refractivity contribution >= 4 is 16.1 Å². The molecule has 42 heavy (non-hydrogen) atoms. The van der Waals surface area contributed by atoms with Crippen molar-refractivity contribution in [2.45, 2.75) is 24.3 Å². The average molecular weight is 578 g/mol. The summed E-state index contributed by atoms with van der Waals surface area (Å²) in [4.78, 5) is 11.2. The summed E-state index contributed by atoms with van der Waals surface area (Å²) >= 11 is 0. The maximum atomic E-state index is 12.2. The number of ether oxygens (including phenoxy) is 1. The van der Waals surface area contributed by atoms with Crippen LogP contribution in [-0.2, 0) is 29.5 Å². The van der Waals surface area contributed by atoms with Crippen molar-refractivity contribution in [2.75, 3.05) is 7.11 Å². The smallest absolute Gasteiger partial charge is 0.335 e. The molecule has 1 aliphatic carbocycles. The highest BCUT2D eigenvalue weighted by Crippen LogP contribution is 2.40. The maximum absolute atomic E-state index is 12.2. The highest BCUT2D eigenvalue weighted by Gasteiger charge is 2.32. The van der Waals surface area contributed by atoms with Crippen LogP contribution in [0.4, 0.5) is 0 Å². The van der Waals surface area contributed by atoms with E-state index in [1.165, 1.54) is 24.8 Å². The van der Waals surface area contributed by atoms with Crippen LogP contribution in [0.1, 0.15) is 27.0 Å². The molecular formula is C34H27NO6S. The van der Waals surface area contributed by atoms with Crippen LogP contribution in [0.5, 0.6) is 5.75 Å². The van der Waals surface area contributed by atoms with Gasteiger partial charge in [0.25, 0.3) is 0 Å². The molecule has 1 aromatic heterocycles. The van der Waals surface area contributed by atoms with Gasteiger partial charge < -0.3 is 14.4 Å². The number of aromatic carboxylic acids is 1. The number of hydrogen-bond acceptors (Lipinski definition) is 5. The molecule has 1 aliphatic rings. The highest BCUT2D eigenvalue weighted by molar-refractivity contribution is 7.85. The molecule has 1 heterocycles. The van der Waals surface area contributed by atoms with E-state index in [1.807, 2.05) is 36.4 Å². The first kappa shape index (κ1) is 27.4. The van der Waals surface area contributed by atoms with E-state index in [-0.39, 0.29) is 11.3 Å². The van der Waals surface area contributed by atoms with Gasteiger partial charge in [-0.1, -0.05) is 54.6 Å². The summed E-state index contributed by atoms with van der Waals surface area (Å²) < 4.78 is 44.0. The SMILES string of the molecule is COc1ccc(-c2cc(-c3ccc(C(=O)O)cc3)[n+](Cc3ccccc3)c3c2CCc2ccccc2-3)cc1S(=O)(=O)[O-]. The summed E-state index contributed by atoms with van der Waals surface area (Å²) in [6.45, 7) is 0.552. The van der Waals surface area contributed by atoms with Gasteiger partial charge in [-0.2, -0.15) is 4.57 Å². The summed E-state index contributed by atoms with van der Waals surface area (Å²) in [6.07, 6.45) is 1.51. The lowest BCUT2D eigenvalue weighted by molar-refractivity contribution is -0.667. The van der Waals surface area contributed by atoms with Crippen molar-refractivity contribution in [3.8, 4) is 39.4 Å². The minimum Gasteiger partial charge on any atom is -0.744 e. The normalized spacial score (nSPS) is 12.3. The summed E-state index contributed by atoms with van der Waals surface area (Å²) in [5.41, 5.74) is 8.58. The summed E-state index contributed by atoms with van der Waals surface area (Å²) in [5, 5.41) is 9.50. The fourth-order valence-electron chi connectivity index (χ4n) is 5.75. The Kier molecular flexibility index (Phi) is 7.10. The molecule has 0 saturated heterocycles. The third-order valence-corrected chi connectivity index (χ3v) is 8.58. The van der Waals surface area contributed by atoms with Crippen molar-refractivity contribution in [1.82, 2.24) is 0 Å². The Hall–Kier alpha value is -4.79. The van der Waals surface area contributed by atoms with Crippen LogP contribution in [0.3, 0.4) is 0 Å². The number of pyridine rings is 1. The lowest BCUT2D eigenvalue weighted by atomic mass is 9.83. The number of carbonyl (C=O) groups is 1. The molecule has 0 spiro atoms. The lowest BCUT2D eigenvalue weighted by Crippen LogP contribution is -2.41. The summed E-state index contributed by atoms with van der Waals surface area (Å²) in [5.74, 6) is -1.02. The number of fused-ring (bicyclic) bond motifs is 3. The van der Waals surface area contributed by atoms with Gasteiger partial charge in [0.1, 0.15) is 15.9 Å². The molecule has 1 N–H and O–H groups in total. The van der Waals surface area contributed by atoms with Crippen molar-refractivity contribution in [2.24, 2.45) is 0 Å². The van der Waals surface area contributed by atoms with Gasteiger partial charge in [0.05, 0.1) is 17.6 Å². The van der Waals surface area contributed by atoms with E-state index < -0.39 is 21.0 Å². The van der Waals surface area contributed by atoms with Crippen LogP contribution in [0, 0.1) is 0 Å². The number of nitrogens with zero attached hydrogens (tertiary/aromatic N) is 1. The van der Waals surface area contributed by atoms with E-state index in [4.69, 9.17) is 4.74 Å². The van der Waals surface area contributed by atoms with Crippen LogP contribution < -0.4 is 9.30 Å². The first-order chi connectivity index (χ1) is 20.2. The predicted octanol–water partition coefficient (Wildman–Crippen LogP) is 5.73. The second-order valence-corrected chi connectivity index (χ2v) is 11.5. The van der Waals surface area contributed by atoms with E-state index in [0.717, 1.165) is 45.6 Å². The highest BCUT2D eigenvalue weighted by atomic mass is 32.2. The van der Waals surface area contributed by atoms with Crippen molar-refractivity contribution < 1.29 is 32.2 Å². The summed E-state index contributed by atoms with van der Waals surface area (Å²) in [6, 6.07) is 31.7. The molecule has 4 aromatic carbocycles. The Balaban J connectivity index is 1.69. The number of carboxylic acid groups (broad SMARTS) is 1. The molecule has 0 atom stereocenters. The number of carboxylic acids is 1. The fraction of sp³-hybridized carbons (Fsp3) is 0.118. The molecule has 210 valence electrons. The number of methoxy groups -OCH3 is 1. The molecular weight excluding hydrogens is 550 g/mol. The molecule has 8 heteroatoms. The fourth-order valence-corrected chi connectivity index (χ4v) is 6.42. The Labute approximate surface area is 244 Å². The third-order valence-electron chi connectivity index (χ3n) is 7.72. The van der Waals surface area contributed by atoms with Crippen LogP contribution in [0.2, 0.25) is 0 Å². The second kappa shape index (κ2) is 10.9. The van der Waals surface area contributed by atoms with Crippen molar-refractivity contribution in [1.29, 1.82) is 0 Å². The van der Waals surface area contributed by atoms with E-state index in [9.17, 15) is 22.9 Å². The largest absolute Gasteiger partial charge is 0.744 e. The van der Waals surface area contributed by atoms with E-state index in [1.54, 1.807) is 30.3 Å². The van der Waals surface area contributed by atoms with Crippen LogP contribution >= 0.6 is 0 Å². The van der Waals surface area contributed by atoms with Gasteiger partial charge in [-0.15, -0.1) is 0 Å². The monoisotopic (exact) mass is 577 g/mol. The predicted molar refractivity (Wildman–Crippen MR) is 157 cm³/mol.